The molecule has 3 aliphatic rings. The maximum atomic E-state index is 14.3. The first kappa shape index (κ1) is 45.1. The van der Waals surface area contributed by atoms with E-state index in [0.717, 1.165) is 60.9 Å². The van der Waals surface area contributed by atoms with Crippen LogP contribution >= 0.6 is 12.4 Å². The van der Waals surface area contributed by atoms with Crippen LogP contribution in [0, 0.1) is 24.7 Å². The zero-order valence-electron chi connectivity index (χ0n) is 33.4. The molecule has 7 rings (SSSR count). The predicted molar refractivity (Wildman–Crippen MR) is 221 cm³/mol. The molecule has 3 fully saturated rings. The molecular weight excluding hydrogens is 820 g/mol. The van der Waals surface area contributed by atoms with E-state index >= 15 is 0 Å². The molecule has 1 aliphatic heterocycles. The highest BCUT2D eigenvalue weighted by Gasteiger charge is 2.65. The topological polar surface area (TPSA) is 204 Å². The van der Waals surface area contributed by atoms with Gasteiger partial charge in [0.2, 0.25) is 17.6 Å². The molecule has 0 bridgehead atoms. The zero-order chi connectivity index (χ0) is 42.8. The first-order valence-electron chi connectivity index (χ1n) is 20.2. The molecule has 18 heteroatoms. The van der Waals surface area contributed by atoms with Gasteiger partial charge in [0, 0.05) is 41.2 Å². The van der Waals surface area contributed by atoms with E-state index in [2.05, 4.69) is 31.5 Å². The summed E-state index contributed by atoms with van der Waals surface area (Å²) in [5, 5.41) is 27.6. The molecule has 1 aromatic heterocycles. The Balaban J connectivity index is 0.00000622. The van der Waals surface area contributed by atoms with Gasteiger partial charge in [-0.05, 0) is 135 Å². The Hall–Kier alpha value is -5.39. The number of H-pyrrole nitrogens is 1. The van der Waals surface area contributed by atoms with Crippen molar-refractivity contribution in [2.24, 2.45) is 23.5 Å². The summed E-state index contributed by atoms with van der Waals surface area (Å²) in [6, 6.07) is 18.6. The van der Waals surface area contributed by atoms with E-state index in [-0.39, 0.29) is 59.7 Å². The number of carbonyl (C=O) groups excluding carboxylic acids is 3. The Morgan fingerprint density at radius 2 is 1.57 bits per heavy atom. The third-order valence-corrected chi connectivity index (χ3v) is 12.3. The summed E-state index contributed by atoms with van der Waals surface area (Å²) in [6.07, 6.45) is 6.21. The lowest BCUT2D eigenvalue weighted by Gasteiger charge is -2.28. The number of nitrogens with one attached hydrogen (secondary N) is 5. The van der Waals surface area contributed by atoms with Crippen molar-refractivity contribution in [2.45, 2.75) is 88.3 Å². The van der Waals surface area contributed by atoms with Gasteiger partial charge < -0.3 is 37.1 Å². The van der Waals surface area contributed by atoms with Gasteiger partial charge in [0.15, 0.2) is 5.82 Å². The lowest BCUT2D eigenvalue weighted by molar-refractivity contribution is -0.231. The second-order valence-electron chi connectivity index (χ2n) is 16.2. The third kappa shape index (κ3) is 9.73. The summed E-state index contributed by atoms with van der Waals surface area (Å²) >= 11 is 0. The molecule has 2 saturated carbocycles. The van der Waals surface area contributed by atoms with Crippen molar-refractivity contribution in [1.29, 1.82) is 0 Å². The van der Waals surface area contributed by atoms with Crippen molar-refractivity contribution in [3.8, 4) is 22.5 Å². The number of nitrogens with zero attached hydrogens (tertiary/aromatic N) is 2. The van der Waals surface area contributed by atoms with E-state index in [1.807, 2.05) is 54.4 Å². The van der Waals surface area contributed by atoms with Gasteiger partial charge in [0.1, 0.15) is 6.04 Å². The summed E-state index contributed by atoms with van der Waals surface area (Å²) in [7, 11) is 0. The SMILES string of the molecule is Cc1cc(C(=O)NC2CCC3NCCC32)ccc1-c1ccc(C[C@H](NC(=O)[C@H]2CC[C@H](CN)CC2)C(=O)Nc2ccc(-c3nnc(C(F)(F)C(F)(F)C(=O)O)[nH]3)cc2)cc1.Cl. The number of alkyl halides is 4. The van der Waals surface area contributed by atoms with Crippen LogP contribution in [0.15, 0.2) is 66.7 Å². The van der Waals surface area contributed by atoms with Crippen LogP contribution in [0.3, 0.4) is 0 Å². The highest BCUT2D eigenvalue weighted by molar-refractivity contribution is 5.98. The molecule has 61 heavy (non-hydrogen) atoms. The van der Waals surface area contributed by atoms with Gasteiger partial charge in [0.05, 0.1) is 0 Å². The summed E-state index contributed by atoms with van der Waals surface area (Å²) in [6.45, 7) is 3.50. The van der Waals surface area contributed by atoms with E-state index in [1.54, 1.807) is 0 Å². The molecule has 0 spiro atoms. The van der Waals surface area contributed by atoms with Crippen LogP contribution in [0.1, 0.15) is 72.3 Å². The predicted octanol–water partition coefficient (Wildman–Crippen LogP) is 5.98. The molecule has 4 atom stereocenters. The highest BCUT2D eigenvalue weighted by atomic mass is 35.5. The number of aromatic amines is 1. The van der Waals surface area contributed by atoms with Crippen LogP contribution in [0.2, 0.25) is 0 Å². The average molecular weight is 869 g/mol. The zero-order valence-corrected chi connectivity index (χ0v) is 34.2. The van der Waals surface area contributed by atoms with E-state index in [1.165, 1.54) is 24.3 Å². The number of carboxylic acids is 1. The maximum absolute atomic E-state index is 14.3. The number of aryl methyl sites for hydroxylation is 1. The van der Waals surface area contributed by atoms with Crippen LogP contribution in [0.4, 0.5) is 23.2 Å². The largest absolute Gasteiger partial charge is 0.477 e. The Morgan fingerprint density at radius 3 is 2.23 bits per heavy atom. The number of halogens is 5. The summed E-state index contributed by atoms with van der Waals surface area (Å²) < 4.78 is 55.9. The Labute approximate surface area is 355 Å². The highest BCUT2D eigenvalue weighted by Crippen LogP contribution is 2.42. The Bertz CT molecular complexity index is 2220. The molecule has 4 aromatic rings. The fourth-order valence-electron chi connectivity index (χ4n) is 8.69. The van der Waals surface area contributed by atoms with Crippen LogP contribution < -0.4 is 27.0 Å². The molecule has 13 nitrogen and oxygen atoms in total. The number of nitrogens with two attached hydrogens (primary N) is 1. The van der Waals surface area contributed by atoms with E-state index in [0.29, 0.717) is 42.8 Å². The van der Waals surface area contributed by atoms with E-state index in [9.17, 15) is 36.7 Å². The van der Waals surface area contributed by atoms with Crippen molar-refractivity contribution in [2.75, 3.05) is 18.4 Å². The van der Waals surface area contributed by atoms with Crippen LogP contribution in [-0.4, -0.2) is 81.1 Å². The lowest BCUT2D eigenvalue weighted by Crippen LogP contribution is -2.48. The first-order valence-corrected chi connectivity index (χ1v) is 20.2. The van der Waals surface area contributed by atoms with Gasteiger partial charge in [-0.3, -0.25) is 14.4 Å². The van der Waals surface area contributed by atoms with Crippen molar-refractivity contribution in [3.05, 3.63) is 89.2 Å². The standard InChI is InChI=1S/C43H48F4N8O5.ClH/c1-23-20-29(38(57)51-34-17-16-33-32(34)18-19-49-33)12-15-31(23)26-6-2-24(3-7-26)21-35(52-37(56)28-8-4-25(22-48)5-9-28)39(58)50-30-13-10-27(11-14-30)36-53-40(55-54-36)42(44,45)43(46,47)41(59)60;/h2-3,6-7,10-15,20,25,28,32-35,49H,4-5,8-9,16-19,21-22,48H2,1H3,(H,50,58)(H,51,57)(H,52,56)(H,59,60)(H,53,54,55);1H/t25-,28-,32?,33?,34?,35-;/m0./s1. The number of carboxylic acid groups (broad SMARTS) is 1. The third-order valence-electron chi connectivity index (χ3n) is 12.3. The second-order valence-corrected chi connectivity index (χ2v) is 16.2. The fraction of sp³-hybridized carbons (Fsp3) is 0.442. The van der Waals surface area contributed by atoms with E-state index in [4.69, 9.17) is 10.8 Å². The van der Waals surface area contributed by atoms with Gasteiger partial charge in [-0.15, -0.1) is 22.6 Å². The molecule has 1 saturated heterocycles. The molecule has 3 aromatic carbocycles. The number of carbonyl (C=O) groups is 4. The van der Waals surface area contributed by atoms with Crippen molar-refractivity contribution >= 4 is 41.8 Å². The van der Waals surface area contributed by atoms with Crippen molar-refractivity contribution in [3.63, 3.8) is 0 Å². The number of aliphatic carboxylic acids is 1. The van der Waals surface area contributed by atoms with Gasteiger partial charge >= 0.3 is 17.8 Å². The number of amides is 3. The van der Waals surface area contributed by atoms with Crippen LogP contribution in [-0.2, 0) is 26.7 Å². The number of rotatable bonds is 14. The molecule has 8 N–H and O–H groups in total. The minimum absolute atomic E-state index is 0. The molecule has 2 aliphatic carbocycles. The number of hydrogen-bond donors (Lipinski definition) is 7. The van der Waals surface area contributed by atoms with Crippen LogP contribution in [0.5, 0.6) is 0 Å². The number of hydrogen-bond acceptors (Lipinski definition) is 8. The fourth-order valence-corrected chi connectivity index (χ4v) is 8.69. The average Bonchev–Trinajstić information content (AvgIpc) is 4.01. The Kier molecular flexibility index (Phi) is 13.8. The minimum atomic E-state index is -5.44. The first-order chi connectivity index (χ1) is 28.6. The molecule has 0 radical (unpaired) electrons. The molecule has 2 heterocycles. The van der Waals surface area contributed by atoms with Gasteiger partial charge in [-0.25, -0.2) is 4.79 Å². The van der Waals surface area contributed by atoms with Gasteiger partial charge in [-0.1, -0.05) is 30.3 Å². The van der Waals surface area contributed by atoms with Gasteiger partial charge in [-0.2, -0.15) is 17.6 Å². The normalized spacial score (nSPS) is 21.8. The van der Waals surface area contributed by atoms with Crippen molar-refractivity contribution in [1.82, 2.24) is 31.1 Å². The number of benzene rings is 3. The quantitative estimate of drug-likeness (QED) is 0.0744. The molecule has 3 amide bonds. The van der Waals surface area contributed by atoms with E-state index < -0.39 is 35.6 Å². The Morgan fingerprint density at radius 1 is 0.885 bits per heavy atom. The van der Waals surface area contributed by atoms with Gasteiger partial charge in [0.25, 0.3) is 5.91 Å². The molecular formula is C43H49ClF4N8O5. The van der Waals surface area contributed by atoms with Crippen LogP contribution in [0.25, 0.3) is 22.5 Å². The maximum Gasteiger partial charge on any atom is 0.411 e. The lowest BCUT2D eigenvalue weighted by atomic mass is 9.81. The molecule has 3 unspecified atom stereocenters. The summed E-state index contributed by atoms with van der Waals surface area (Å²) in [5.74, 6) is -15.9. The van der Waals surface area contributed by atoms with Crippen molar-refractivity contribution < 1.29 is 41.8 Å². The summed E-state index contributed by atoms with van der Waals surface area (Å²) in [4.78, 5) is 53.3. The minimum Gasteiger partial charge on any atom is -0.477 e. The molecule has 326 valence electrons. The number of aromatic nitrogens is 3. The number of fused-ring (bicyclic) bond motifs is 1. The summed E-state index contributed by atoms with van der Waals surface area (Å²) in [5.41, 5.74) is 10.4. The second kappa shape index (κ2) is 18.7. The monoisotopic (exact) mass is 868 g/mol. The smallest absolute Gasteiger partial charge is 0.411 e. The number of anilines is 1.